The number of ether oxygens (including phenoxy) is 1. The van der Waals surface area contributed by atoms with E-state index < -0.39 is 0 Å². The first-order chi connectivity index (χ1) is 5.70. The van der Waals surface area contributed by atoms with Crippen molar-refractivity contribution in [3.8, 4) is 0 Å². The minimum Gasteiger partial charge on any atom is -0.466 e. The summed E-state index contributed by atoms with van der Waals surface area (Å²) in [5.74, 6) is 0.252. The van der Waals surface area contributed by atoms with Crippen LogP contribution in [0.5, 0.6) is 0 Å². The first-order valence-electron chi connectivity index (χ1n) is 4.18. The normalized spacial score (nSPS) is 26.1. The second kappa shape index (κ2) is 3.57. The van der Waals surface area contributed by atoms with Gasteiger partial charge in [0.25, 0.3) is 0 Å². The molecule has 2 nitrogen and oxygen atoms in total. The molecule has 1 fully saturated rings. The van der Waals surface area contributed by atoms with Crippen molar-refractivity contribution in [3.05, 3.63) is 24.8 Å². The summed E-state index contributed by atoms with van der Waals surface area (Å²) in [6.45, 7) is 9.69. The summed E-state index contributed by atoms with van der Waals surface area (Å²) in [4.78, 5) is 11.1. The molecule has 1 aliphatic rings. The van der Waals surface area contributed by atoms with Crippen LogP contribution in [0, 0.1) is 11.8 Å². The molecule has 2 unspecified atom stereocenters. The summed E-state index contributed by atoms with van der Waals surface area (Å²) in [5, 5.41) is 0. The SMILES string of the molecule is C=CC(=C)C1CC1C(=O)OCC. The van der Waals surface area contributed by atoms with Crippen molar-refractivity contribution in [2.75, 3.05) is 6.61 Å². The second-order valence-electron chi connectivity index (χ2n) is 2.98. The maximum Gasteiger partial charge on any atom is 0.309 e. The summed E-state index contributed by atoms with van der Waals surface area (Å²) < 4.78 is 4.88. The Morgan fingerprint density at radius 2 is 2.33 bits per heavy atom. The zero-order valence-corrected chi connectivity index (χ0v) is 7.38. The van der Waals surface area contributed by atoms with E-state index in [2.05, 4.69) is 13.2 Å². The van der Waals surface area contributed by atoms with E-state index in [0.29, 0.717) is 12.5 Å². The van der Waals surface area contributed by atoms with Gasteiger partial charge in [-0.05, 0) is 19.3 Å². The van der Waals surface area contributed by atoms with Gasteiger partial charge in [-0.3, -0.25) is 4.79 Å². The van der Waals surface area contributed by atoms with Crippen LogP contribution >= 0.6 is 0 Å². The number of hydrogen-bond acceptors (Lipinski definition) is 2. The fourth-order valence-electron chi connectivity index (χ4n) is 1.27. The van der Waals surface area contributed by atoms with Crippen LogP contribution in [0.1, 0.15) is 13.3 Å². The molecule has 0 heterocycles. The van der Waals surface area contributed by atoms with Crippen LogP contribution in [0.15, 0.2) is 24.8 Å². The monoisotopic (exact) mass is 166 g/mol. The molecule has 0 amide bonds. The molecular weight excluding hydrogens is 152 g/mol. The predicted molar refractivity (Wildman–Crippen MR) is 47.6 cm³/mol. The lowest BCUT2D eigenvalue weighted by Gasteiger charge is -1.99. The van der Waals surface area contributed by atoms with Gasteiger partial charge in [-0.25, -0.2) is 0 Å². The van der Waals surface area contributed by atoms with Gasteiger partial charge < -0.3 is 4.74 Å². The molecule has 0 saturated heterocycles. The Labute approximate surface area is 72.9 Å². The Hall–Kier alpha value is -1.05. The van der Waals surface area contributed by atoms with E-state index in [4.69, 9.17) is 4.74 Å². The van der Waals surface area contributed by atoms with Gasteiger partial charge in [0.2, 0.25) is 0 Å². The lowest BCUT2D eigenvalue weighted by atomic mass is 10.1. The molecular formula is C10H14O2. The zero-order chi connectivity index (χ0) is 9.14. The van der Waals surface area contributed by atoms with Crippen LogP contribution in [-0.4, -0.2) is 12.6 Å². The Morgan fingerprint density at radius 1 is 1.67 bits per heavy atom. The summed E-state index contributed by atoms with van der Waals surface area (Å²) in [6.07, 6.45) is 2.59. The van der Waals surface area contributed by atoms with Gasteiger partial charge in [0.05, 0.1) is 12.5 Å². The maximum atomic E-state index is 11.1. The van der Waals surface area contributed by atoms with Crippen molar-refractivity contribution in [1.29, 1.82) is 0 Å². The highest BCUT2D eigenvalue weighted by Gasteiger charge is 2.44. The number of carbonyl (C=O) groups excluding carboxylic acids is 1. The smallest absolute Gasteiger partial charge is 0.309 e. The minimum atomic E-state index is -0.0921. The van der Waals surface area contributed by atoms with Crippen LogP contribution in [0.4, 0.5) is 0 Å². The molecule has 1 aliphatic carbocycles. The van der Waals surface area contributed by atoms with E-state index in [9.17, 15) is 4.79 Å². The number of allylic oxidation sites excluding steroid dienone is 2. The topological polar surface area (TPSA) is 26.3 Å². The third-order valence-electron chi connectivity index (χ3n) is 2.12. The molecule has 66 valence electrons. The standard InChI is InChI=1S/C10H14O2/c1-4-7(3)8-6-9(8)10(11)12-5-2/h4,8-9H,1,3,5-6H2,2H3. The molecule has 0 aromatic rings. The highest BCUT2D eigenvalue weighted by molar-refractivity contribution is 5.76. The van der Waals surface area contributed by atoms with Crippen molar-refractivity contribution in [2.24, 2.45) is 11.8 Å². The third-order valence-corrected chi connectivity index (χ3v) is 2.12. The Balaban J connectivity index is 2.37. The van der Waals surface area contributed by atoms with Crippen LogP contribution in [0.2, 0.25) is 0 Å². The fraction of sp³-hybridized carbons (Fsp3) is 0.500. The second-order valence-corrected chi connectivity index (χ2v) is 2.98. The molecule has 0 aromatic carbocycles. The number of esters is 1. The number of carbonyl (C=O) groups is 1. The molecule has 0 N–H and O–H groups in total. The number of hydrogen-bond donors (Lipinski definition) is 0. The van der Waals surface area contributed by atoms with Gasteiger partial charge >= 0.3 is 5.97 Å². The molecule has 0 aliphatic heterocycles. The Morgan fingerprint density at radius 3 is 2.83 bits per heavy atom. The summed E-state index contributed by atoms with van der Waals surface area (Å²) in [7, 11) is 0. The van der Waals surface area contributed by atoms with Crippen molar-refractivity contribution in [1.82, 2.24) is 0 Å². The van der Waals surface area contributed by atoms with E-state index in [-0.39, 0.29) is 11.9 Å². The van der Waals surface area contributed by atoms with Gasteiger partial charge in [0.15, 0.2) is 0 Å². The van der Waals surface area contributed by atoms with Crippen LogP contribution < -0.4 is 0 Å². The minimum absolute atomic E-state index is 0.0513. The van der Waals surface area contributed by atoms with Crippen molar-refractivity contribution >= 4 is 5.97 Å². The molecule has 0 radical (unpaired) electrons. The molecule has 0 spiro atoms. The van der Waals surface area contributed by atoms with Gasteiger partial charge in [0, 0.05) is 0 Å². The van der Waals surface area contributed by atoms with E-state index in [1.165, 1.54) is 0 Å². The maximum absolute atomic E-state index is 11.1. The molecule has 0 bridgehead atoms. The average molecular weight is 166 g/mol. The molecule has 12 heavy (non-hydrogen) atoms. The molecule has 1 saturated carbocycles. The van der Waals surface area contributed by atoms with Crippen molar-refractivity contribution in [3.63, 3.8) is 0 Å². The number of rotatable bonds is 4. The van der Waals surface area contributed by atoms with Crippen molar-refractivity contribution < 1.29 is 9.53 Å². The quantitative estimate of drug-likeness (QED) is 0.471. The first kappa shape index (κ1) is 9.04. The largest absolute Gasteiger partial charge is 0.466 e. The Kier molecular flexibility index (Phi) is 2.69. The summed E-state index contributed by atoms with van der Waals surface area (Å²) in [6, 6.07) is 0. The summed E-state index contributed by atoms with van der Waals surface area (Å²) >= 11 is 0. The van der Waals surface area contributed by atoms with E-state index >= 15 is 0 Å². The van der Waals surface area contributed by atoms with Crippen molar-refractivity contribution in [2.45, 2.75) is 13.3 Å². The van der Waals surface area contributed by atoms with Gasteiger partial charge in [0.1, 0.15) is 0 Å². The molecule has 2 atom stereocenters. The molecule has 2 heteroatoms. The van der Waals surface area contributed by atoms with Crippen LogP contribution in [0.25, 0.3) is 0 Å². The van der Waals surface area contributed by atoms with Gasteiger partial charge in [-0.15, -0.1) is 0 Å². The fourth-order valence-corrected chi connectivity index (χ4v) is 1.27. The van der Waals surface area contributed by atoms with E-state index in [0.717, 1.165) is 12.0 Å². The first-order valence-corrected chi connectivity index (χ1v) is 4.18. The highest BCUT2D eigenvalue weighted by Crippen LogP contribution is 2.44. The zero-order valence-electron chi connectivity index (χ0n) is 7.38. The Bertz CT molecular complexity index is 218. The average Bonchev–Trinajstić information content (AvgIpc) is 2.82. The van der Waals surface area contributed by atoms with Crippen LogP contribution in [0.3, 0.4) is 0 Å². The molecule has 1 rings (SSSR count). The predicted octanol–water partition coefficient (Wildman–Crippen LogP) is 1.93. The van der Waals surface area contributed by atoms with Crippen LogP contribution in [-0.2, 0) is 9.53 Å². The van der Waals surface area contributed by atoms with Gasteiger partial charge in [-0.1, -0.05) is 24.8 Å². The van der Waals surface area contributed by atoms with E-state index in [1.54, 1.807) is 6.08 Å². The van der Waals surface area contributed by atoms with E-state index in [1.807, 2.05) is 6.92 Å². The molecule has 0 aromatic heterocycles. The lowest BCUT2D eigenvalue weighted by Crippen LogP contribution is -2.07. The van der Waals surface area contributed by atoms with Gasteiger partial charge in [-0.2, -0.15) is 0 Å². The lowest BCUT2D eigenvalue weighted by molar-refractivity contribution is -0.144. The highest BCUT2D eigenvalue weighted by atomic mass is 16.5. The third kappa shape index (κ3) is 1.76. The summed E-state index contributed by atoms with van der Waals surface area (Å²) in [5.41, 5.74) is 0.952.